The summed E-state index contributed by atoms with van der Waals surface area (Å²) in [5.41, 5.74) is -0.178. The molecule has 3 rings (SSSR count). The molecule has 0 saturated heterocycles. The second-order valence-corrected chi connectivity index (χ2v) is 4.81. The van der Waals surface area contributed by atoms with E-state index in [0.717, 1.165) is 0 Å². The van der Waals surface area contributed by atoms with Crippen LogP contribution in [0.4, 0.5) is 0 Å². The van der Waals surface area contributed by atoms with Crippen LogP contribution in [0.5, 0.6) is 17.2 Å². The molecular weight excluding hydrogens is 276 g/mol. The van der Waals surface area contributed by atoms with Gasteiger partial charge < -0.3 is 23.7 Å². The van der Waals surface area contributed by atoms with Crippen molar-refractivity contribution in [3.05, 3.63) is 28.6 Å². The molecule has 2 heterocycles. The van der Waals surface area contributed by atoms with E-state index in [9.17, 15) is 9.90 Å². The number of aliphatic hydroxyl groups excluding tert-OH is 1. The highest BCUT2D eigenvalue weighted by molar-refractivity contribution is 5.88. The van der Waals surface area contributed by atoms with Crippen LogP contribution in [0.2, 0.25) is 0 Å². The lowest BCUT2D eigenvalue weighted by Crippen LogP contribution is -2.42. The van der Waals surface area contributed by atoms with Crippen LogP contribution in [-0.2, 0) is 0 Å². The maximum atomic E-state index is 11.5. The Morgan fingerprint density at radius 1 is 1.24 bits per heavy atom. The second kappa shape index (κ2) is 5.29. The largest absolute Gasteiger partial charge is 0.493 e. The van der Waals surface area contributed by atoms with Gasteiger partial charge in [0.05, 0.1) is 13.7 Å². The van der Waals surface area contributed by atoms with Gasteiger partial charge in [-0.1, -0.05) is 6.92 Å². The second-order valence-electron chi connectivity index (χ2n) is 4.81. The fraction of sp³-hybridized carbons (Fsp3) is 0.400. The summed E-state index contributed by atoms with van der Waals surface area (Å²) in [6.45, 7) is 1.75. The van der Waals surface area contributed by atoms with E-state index < -0.39 is 11.7 Å². The van der Waals surface area contributed by atoms with Crippen LogP contribution in [-0.4, -0.2) is 31.0 Å². The highest BCUT2D eigenvalue weighted by Gasteiger charge is 2.34. The van der Waals surface area contributed by atoms with Crippen molar-refractivity contribution in [3.63, 3.8) is 0 Å². The van der Waals surface area contributed by atoms with Gasteiger partial charge in [0, 0.05) is 11.5 Å². The minimum Gasteiger partial charge on any atom is -0.493 e. The summed E-state index contributed by atoms with van der Waals surface area (Å²) < 4.78 is 22.2. The minimum absolute atomic E-state index is 0.187. The summed E-state index contributed by atoms with van der Waals surface area (Å²) in [5, 5.41) is 10.1. The van der Waals surface area contributed by atoms with E-state index in [1.165, 1.54) is 13.2 Å². The smallest absolute Gasteiger partial charge is 0.336 e. The lowest BCUT2D eigenvalue weighted by molar-refractivity contribution is -0.0134. The summed E-state index contributed by atoms with van der Waals surface area (Å²) in [6.07, 6.45) is -0.127. The molecule has 1 aromatic carbocycles. The number of fused-ring (bicyclic) bond motifs is 3. The molecule has 1 N–H and O–H groups in total. The van der Waals surface area contributed by atoms with Crippen LogP contribution < -0.4 is 19.8 Å². The summed E-state index contributed by atoms with van der Waals surface area (Å²) in [6, 6.07) is 4.69. The molecule has 1 unspecified atom stereocenters. The SMILES string of the molecule is CCC1Oc2c(OC)cc3ccc(=O)oc3c2O[C@@H]1CO. The van der Waals surface area contributed by atoms with E-state index in [0.29, 0.717) is 34.6 Å². The number of hydrogen-bond acceptors (Lipinski definition) is 6. The van der Waals surface area contributed by atoms with Crippen molar-refractivity contribution >= 4 is 11.0 Å². The van der Waals surface area contributed by atoms with E-state index >= 15 is 0 Å². The first-order chi connectivity index (χ1) is 10.2. The van der Waals surface area contributed by atoms with Gasteiger partial charge in [0.2, 0.25) is 11.5 Å². The quantitative estimate of drug-likeness (QED) is 0.868. The van der Waals surface area contributed by atoms with Crippen LogP contribution in [0.25, 0.3) is 11.0 Å². The zero-order valence-corrected chi connectivity index (χ0v) is 11.8. The van der Waals surface area contributed by atoms with Gasteiger partial charge in [0.1, 0.15) is 6.10 Å². The Balaban J connectivity index is 2.25. The molecule has 6 heteroatoms. The number of rotatable bonds is 3. The number of aliphatic hydroxyl groups is 1. The van der Waals surface area contributed by atoms with Gasteiger partial charge in [-0.2, -0.15) is 0 Å². The Labute approximate surface area is 120 Å². The van der Waals surface area contributed by atoms with E-state index in [1.54, 1.807) is 12.1 Å². The summed E-state index contributed by atoms with van der Waals surface area (Å²) in [4.78, 5) is 11.5. The third-order valence-electron chi connectivity index (χ3n) is 3.54. The van der Waals surface area contributed by atoms with Crippen LogP contribution in [0.15, 0.2) is 27.4 Å². The molecule has 6 nitrogen and oxygen atoms in total. The van der Waals surface area contributed by atoms with Crippen molar-refractivity contribution in [2.45, 2.75) is 25.6 Å². The van der Waals surface area contributed by atoms with E-state index in [-0.39, 0.29) is 12.7 Å². The standard InChI is InChI=1S/C15H16O6/c1-3-9-11(7-16)20-15-13-8(4-5-12(17)21-13)6-10(18-2)14(15)19-9/h4-6,9,11,16H,3,7H2,1-2H3/t9?,11-/m1/s1. The van der Waals surface area contributed by atoms with Gasteiger partial charge in [-0.25, -0.2) is 4.79 Å². The van der Waals surface area contributed by atoms with Crippen molar-refractivity contribution in [3.8, 4) is 17.2 Å². The highest BCUT2D eigenvalue weighted by atomic mass is 16.6. The fourth-order valence-corrected chi connectivity index (χ4v) is 2.47. The van der Waals surface area contributed by atoms with E-state index in [4.69, 9.17) is 18.6 Å². The molecule has 0 aliphatic carbocycles. The van der Waals surface area contributed by atoms with Crippen molar-refractivity contribution in [2.24, 2.45) is 0 Å². The van der Waals surface area contributed by atoms with Crippen LogP contribution >= 0.6 is 0 Å². The molecule has 0 radical (unpaired) electrons. The van der Waals surface area contributed by atoms with Gasteiger partial charge in [-0.05, 0) is 18.6 Å². The monoisotopic (exact) mass is 292 g/mol. The lowest BCUT2D eigenvalue weighted by Gasteiger charge is -2.33. The number of benzene rings is 1. The first kappa shape index (κ1) is 13.8. The van der Waals surface area contributed by atoms with E-state index in [2.05, 4.69) is 0 Å². The van der Waals surface area contributed by atoms with Crippen molar-refractivity contribution in [2.75, 3.05) is 13.7 Å². The van der Waals surface area contributed by atoms with Crippen LogP contribution in [0, 0.1) is 0 Å². The van der Waals surface area contributed by atoms with Crippen LogP contribution in [0.3, 0.4) is 0 Å². The normalized spacial score (nSPS) is 20.5. The molecular formula is C15H16O6. The Morgan fingerprint density at radius 3 is 2.67 bits per heavy atom. The van der Waals surface area contributed by atoms with Gasteiger partial charge in [0.25, 0.3) is 0 Å². The predicted octanol–water partition coefficient (Wildman–Crippen LogP) is 1.71. The molecule has 1 aliphatic rings. The highest BCUT2D eigenvalue weighted by Crippen LogP contribution is 2.47. The van der Waals surface area contributed by atoms with Gasteiger partial charge >= 0.3 is 5.63 Å². The maximum Gasteiger partial charge on any atom is 0.336 e. The van der Waals surface area contributed by atoms with Crippen molar-refractivity contribution in [1.29, 1.82) is 0 Å². The average molecular weight is 292 g/mol. The van der Waals surface area contributed by atoms with Crippen molar-refractivity contribution in [1.82, 2.24) is 0 Å². The third-order valence-corrected chi connectivity index (χ3v) is 3.54. The molecule has 2 atom stereocenters. The average Bonchev–Trinajstić information content (AvgIpc) is 2.52. The topological polar surface area (TPSA) is 78.1 Å². The first-order valence-corrected chi connectivity index (χ1v) is 6.77. The van der Waals surface area contributed by atoms with E-state index in [1.807, 2.05) is 6.92 Å². The molecule has 21 heavy (non-hydrogen) atoms. The molecule has 0 bridgehead atoms. The molecule has 0 saturated carbocycles. The van der Waals surface area contributed by atoms with Crippen LogP contribution in [0.1, 0.15) is 13.3 Å². The molecule has 1 aromatic heterocycles. The maximum absolute atomic E-state index is 11.5. The third kappa shape index (κ3) is 2.21. The molecule has 0 spiro atoms. The molecule has 2 aromatic rings. The first-order valence-electron chi connectivity index (χ1n) is 6.77. The minimum atomic E-state index is -0.511. The van der Waals surface area contributed by atoms with Crippen molar-refractivity contribution < 1.29 is 23.7 Å². The molecule has 0 fully saturated rings. The number of ether oxygens (including phenoxy) is 3. The summed E-state index contributed by atoms with van der Waals surface area (Å²) in [5.74, 6) is 1.20. The van der Waals surface area contributed by atoms with Gasteiger partial charge in [0.15, 0.2) is 17.4 Å². The van der Waals surface area contributed by atoms with Gasteiger partial charge in [-0.15, -0.1) is 0 Å². The molecule has 1 aliphatic heterocycles. The Hall–Kier alpha value is -2.21. The predicted molar refractivity (Wildman–Crippen MR) is 75.2 cm³/mol. The summed E-state index contributed by atoms with van der Waals surface area (Å²) in [7, 11) is 1.53. The lowest BCUT2D eigenvalue weighted by atomic mass is 10.1. The Kier molecular flexibility index (Phi) is 3.47. The van der Waals surface area contributed by atoms with Gasteiger partial charge in [-0.3, -0.25) is 0 Å². The zero-order chi connectivity index (χ0) is 15.0. The Morgan fingerprint density at radius 2 is 2.00 bits per heavy atom. The number of methoxy groups -OCH3 is 1. The zero-order valence-electron chi connectivity index (χ0n) is 11.8. The Bertz CT molecular complexity index is 720. The molecule has 112 valence electrons. The molecule has 0 amide bonds. The number of hydrogen-bond donors (Lipinski definition) is 1. The fourth-order valence-electron chi connectivity index (χ4n) is 2.47. The summed E-state index contributed by atoms with van der Waals surface area (Å²) >= 11 is 0.